The molecule has 3 rings (SSSR count). The van der Waals surface area contributed by atoms with Gasteiger partial charge in [0.15, 0.2) is 0 Å². The fourth-order valence-corrected chi connectivity index (χ4v) is 4.09. The summed E-state index contributed by atoms with van der Waals surface area (Å²) in [6.07, 6.45) is -0.485. The van der Waals surface area contributed by atoms with Gasteiger partial charge in [0, 0.05) is 11.6 Å². The molecule has 25 heavy (non-hydrogen) atoms. The van der Waals surface area contributed by atoms with Crippen LogP contribution >= 0.6 is 11.6 Å². The molecule has 0 saturated carbocycles. The zero-order valence-corrected chi connectivity index (χ0v) is 15.0. The van der Waals surface area contributed by atoms with Gasteiger partial charge in [-0.25, -0.2) is 13.1 Å². The molecule has 0 aliphatic carbocycles. The van der Waals surface area contributed by atoms with E-state index in [4.69, 9.17) is 11.6 Å². The molecule has 2 N–H and O–H groups in total. The topological polar surface area (TPSA) is 66.4 Å². The van der Waals surface area contributed by atoms with Gasteiger partial charge in [0.25, 0.3) is 0 Å². The minimum absolute atomic E-state index is 0.111. The average molecular weight is 376 g/mol. The molecule has 0 radical (unpaired) electrons. The summed E-state index contributed by atoms with van der Waals surface area (Å²) in [6.45, 7) is 0.124. The van der Waals surface area contributed by atoms with Crippen molar-refractivity contribution in [3.63, 3.8) is 0 Å². The van der Waals surface area contributed by atoms with Crippen LogP contribution in [0.25, 0.3) is 10.8 Å². The number of rotatable bonds is 6. The molecule has 3 aromatic rings. The second kappa shape index (κ2) is 7.54. The van der Waals surface area contributed by atoms with Gasteiger partial charge in [0.05, 0.1) is 11.0 Å². The predicted octanol–water partition coefficient (Wildman–Crippen LogP) is 3.90. The summed E-state index contributed by atoms with van der Waals surface area (Å²) in [5.41, 5.74) is 0.792. The Morgan fingerprint density at radius 1 is 1.00 bits per heavy atom. The van der Waals surface area contributed by atoms with Crippen molar-refractivity contribution in [3.05, 3.63) is 77.3 Å². The van der Waals surface area contributed by atoms with E-state index in [0.29, 0.717) is 5.02 Å². The predicted molar refractivity (Wildman–Crippen MR) is 100 cm³/mol. The maximum absolute atomic E-state index is 12.3. The number of hydrogen-bond donors (Lipinski definition) is 2. The lowest BCUT2D eigenvalue weighted by atomic mass is 9.99. The summed E-state index contributed by atoms with van der Waals surface area (Å²) in [7, 11) is -3.65. The number of sulfonamides is 1. The Morgan fingerprint density at radius 3 is 2.52 bits per heavy atom. The standard InChI is InChI=1S/C19H18ClNO3S/c20-15-7-4-8-16(13-15)25(23,24)21-12-11-19(22)18-10-3-6-14-5-1-2-9-17(14)18/h1-10,13,19,21-22H,11-12H2/t19-/m0/s1. The van der Waals surface area contributed by atoms with Crippen LogP contribution in [0.2, 0.25) is 5.02 Å². The second-order valence-corrected chi connectivity index (χ2v) is 7.93. The molecule has 0 bridgehead atoms. The molecular formula is C19H18ClNO3S. The van der Waals surface area contributed by atoms with Crippen molar-refractivity contribution in [1.29, 1.82) is 0 Å². The Kier molecular flexibility index (Phi) is 5.39. The van der Waals surface area contributed by atoms with Gasteiger partial charge >= 0.3 is 0 Å². The second-order valence-electron chi connectivity index (χ2n) is 5.73. The monoisotopic (exact) mass is 375 g/mol. The smallest absolute Gasteiger partial charge is 0.240 e. The summed E-state index contributed by atoms with van der Waals surface area (Å²) in [6, 6.07) is 19.6. The lowest BCUT2D eigenvalue weighted by Crippen LogP contribution is -2.26. The molecule has 4 nitrogen and oxygen atoms in total. The van der Waals surface area contributed by atoms with E-state index in [9.17, 15) is 13.5 Å². The van der Waals surface area contributed by atoms with Gasteiger partial charge in [-0.15, -0.1) is 0 Å². The van der Waals surface area contributed by atoms with Crippen molar-refractivity contribution in [2.45, 2.75) is 17.4 Å². The van der Waals surface area contributed by atoms with Gasteiger partial charge in [-0.2, -0.15) is 0 Å². The molecular weight excluding hydrogens is 358 g/mol. The van der Waals surface area contributed by atoms with Crippen molar-refractivity contribution >= 4 is 32.4 Å². The van der Waals surface area contributed by atoms with E-state index in [2.05, 4.69) is 4.72 Å². The highest BCUT2D eigenvalue weighted by Gasteiger charge is 2.16. The lowest BCUT2D eigenvalue weighted by molar-refractivity contribution is 0.170. The molecule has 0 amide bonds. The zero-order chi connectivity index (χ0) is 17.9. The summed E-state index contributed by atoms with van der Waals surface area (Å²) >= 11 is 5.84. The normalized spacial score (nSPS) is 13.0. The van der Waals surface area contributed by atoms with E-state index >= 15 is 0 Å². The molecule has 0 fully saturated rings. The zero-order valence-electron chi connectivity index (χ0n) is 13.4. The average Bonchev–Trinajstić information content (AvgIpc) is 2.61. The van der Waals surface area contributed by atoms with E-state index in [-0.39, 0.29) is 17.9 Å². The van der Waals surface area contributed by atoms with Gasteiger partial charge in [-0.1, -0.05) is 60.1 Å². The molecule has 0 unspecified atom stereocenters. The Morgan fingerprint density at radius 2 is 1.72 bits per heavy atom. The molecule has 0 aliphatic heterocycles. The van der Waals surface area contributed by atoms with Crippen molar-refractivity contribution in [3.8, 4) is 0 Å². The summed E-state index contributed by atoms with van der Waals surface area (Å²) in [5.74, 6) is 0. The Balaban J connectivity index is 1.69. The third kappa shape index (κ3) is 4.19. The van der Waals surface area contributed by atoms with E-state index in [0.717, 1.165) is 16.3 Å². The van der Waals surface area contributed by atoms with Gasteiger partial charge < -0.3 is 5.11 Å². The van der Waals surface area contributed by atoms with Crippen LogP contribution in [0.1, 0.15) is 18.1 Å². The fourth-order valence-electron chi connectivity index (χ4n) is 2.74. The van der Waals surface area contributed by atoms with Crippen LogP contribution in [-0.4, -0.2) is 20.1 Å². The van der Waals surface area contributed by atoms with E-state index in [1.54, 1.807) is 12.1 Å². The number of benzene rings is 3. The van der Waals surface area contributed by atoms with Gasteiger partial charge in [0.1, 0.15) is 0 Å². The quantitative estimate of drug-likeness (QED) is 0.686. The number of aliphatic hydroxyl groups is 1. The fraction of sp³-hybridized carbons (Fsp3) is 0.158. The summed E-state index contributed by atoms with van der Waals surface area (Å²) in [5, 5.41) is 12.8. The van der Waals surface area contributed by atoms with Gasteiger partial charge in [-0.3, -0.25) is 0 Å². The molecule has 0 saturated heterocycles. The lowest BCUT2D eigenvalue weighted by Gasteiger charge is -2.14. The minimum atomic E-state index is -3.65. The maximum atomic E-state index is 12.3. The van der Waals surface area contributed by atoms with Crippen LogP contribution in [0.3, 0.4) is 0 Å². The molecule has 6 heteroatoms. The van der Waals surface area contributed by atoms with E-state index < -0.39 is 16.1 Å². The van der Waals surface area contributed by atoms with E-state index in [1.165, 1.54) is 12.1 Å². The number of aliphatic hydroxyl groups excluding tert-OH is 1. The first kappa shape index (κ1) is 17.9. The summed E-state index contributed by atoms with van der Waals surface area (Å²) in [4.78, 5) is 0.111. The molecule has 0 spiro atoms. The van der Waals surface area contributed by atoms with Crippen molar-refractivity contribution in [2.24, 2.45) is 0 Å². The minimum Gasteiger partial charge on any atom is -0.388 e. The van der Waals surface area contributed by atoms with Gasteiger partial charge in [0.2, 0.25) is 10.0 Å². The molecule has 3 aromatic carbocycles. The van der Waals surface area contributed by atoms with Crippen molar-refractivity contribution < 1.29 is 13.5 Å². The molecule has 130 valence electrons. The SMILES string of the molecule is O=S(=O)(NCC[C@H](O)c1cccc2ccccc12)c1cccc(Cl)c1. The molecule has 0 aliphatic rings. The Labute approximate surface area is 152 Å². The highest BCUT2D eigenvalue weighted by molar-refractivity contribution is 7.89. The summed E-state index contributed by atoms with van der Waals surface area (Å²) < 4.78 is 27.0. The Hall–Kier alpha value is -1.92. The van der Waals surface area contributed by atoms with Crippen LogP contribution in [-0.2, 0) is 10.0 Å². The highest BCUT2D eigenvalue weighted by Crippen LogP contribution is 2.26. The first-order valence-electron chi connectivity index (χ1n) is 7.88. The van der Waals surface area contributed by atoms with Crippen LogP contribution in [0.5, 0.6) is 0 Å². The van der Waals surface area contributed by atoms with Crippen LogP contribution < -0.4 is 4.72 Å². The first-order chi connectivity index (χ1) is 12.0. The van der Waals surface area contributed by atoms with Crippen LogP contribution in [0.15, 0.2) is 71.6 Å². The third-order valence-electron chi connectivity index (χ3n) is 4.00. The Bertz CT molecular complexity index is 983. The van der Waals surface area contributed by atoms with Crippen LogP contribution in [0, 0.1) is 0 Å². The van der Waals surface area contributed by atoms with Crippen molar-refractivity contribution in [1.82, 2.24) is 4.72 Å². The maximum Gasteiger partial charge on any atom is 0.240 e. The molecule has 1 atom stereocenters. The largest absolute Gasteiger partial charge is 0.388 e. The molecule has 0 heterocycles. The number of fused-ring (bicyclic) bond motifs is 1. The highest BCUT2D eigenvalue weighted by atomic mass is 35.5. The van der Waals surface area contributed by atoms with Gasteiger partial charge in [-0.05, 0) is 41.0 Å². The number of halogens is 1. The van der Waals surface area contributed by atoms with Crippen molar-refractivity contribution in [2.75, 3.05) is 6.54 Å². The number of hydrogen-bond acceptors (Lipinski definition) is 3. The molecule has 0 aromatic heterocycles. The first-order valence-corrected chi connectivity index (χ1v) is 9.74. The van der Waals surface area contributed by atoms with Crippen LogP contribution in [0.4, 0.5) is 0 Å². The third-order valence-corrected chi connectivity index (χ3v) is 5.69. The van der Waals surface area contributed by atoms with E-state index in [1.807, 2.05) is 42.5 Å². The number of nitrogens with one attached hydrogen (secondary N) is 1.